The maximum absolute atomic E-state index is 11.1. The fraction of sp³-hybridized carbons (Fsp3) is 0.889. The van der Waals surface area contributed by atoms with Crippen molar-refractivity contribution < 1.29 is 4.79 Å². The summed E-state index contributed by atoms with van der Waals surface area (Å²) in [4.78, 5) is 11.1. The highest BCUT2D eigenvalue weighted by atomic mass is 16.2. The second-order valence-electron chi connectivity index (χ2n) is 3.52. The molecule has 0 aromatic heterocycles. The molecule has 0 spiro atoms. The molecule has 0 aliphatic rings. The molecule has 0 saturated heterocycles. The van der Waals surface area contributed by atoms with Crippen LogP contribution in [0, 0.1) is 5.92 Å². The van der Waals surface area contributed by atoms with Crippen molar-refractivity contribution in [1.82, 2.24) is 10.6 Å². The summed E-state index contributed by atoms with van der Waals surface area (Å²) in [5.41, 5.74) is 0. The van der Waals surface area contributed by atoms with Crippen molar-refractivity contribution in [3.05, 3.63) is 0 Å². The second-order valence-corrected chi connectivity index (χ2v) is 3.52. The molecule has 12 heavy (non-hydrogen) atoms. The molecule has 0 aromatic rings. The predicted molar refractivity (Wildman–Crippen MR) is 51.1 cm³/mol. The molecule has 3 heteroatoms. The van der Waals surface area contributed by atoms with E-state index in [-0.39, 0.29) is 12.1 Å². The second kappa shape index (κ2) is 5.86. The maximum Gasteiger partial charge on any atom is 0.314 e. The van der Waals surface area contributed by atoms with E-state index in [0.29, 0.717) is 5.92 Å². The molecule has 0 fully saturated rings. The summed E-state index contributed by atoms with van der Waals surface area (Å²) >= 11 is 0. The highest BCUT2D eigenvalue weighted by Crippen LogP contribution is 1.96. The van der Waals surface area contributed by atoms with Crippen LogP contribution >= 0.6 is 0 Å². The van der Waals surface area contributed by atoms with Crippen molar-refractivity contribution in [2.75, 3.05) is 6.54 Å². The van der Waals surface area contributed by atoms with Crippen molar-refractivity contribution in [3.8, 4) is 0 Å². The van der Waals surface area contributed by atoms with Crippen molar-refractivity contribution in [3.63, 3.8) is 0 Å². The summed E-state index contributed by atoms with van der Waals surface area (Å²) < 4.78 is 0. The Morgan fingerprint density at radius 1 is 1.33 bits per heavy atom. The zero-order chi connectivity index (χ0) is 9.56. The van der Waals surface area contributed by atoms with Gasteiger partial charge < -0.3 is 10.6 Å². The number of hydrogen-bond acceptors (Lipinski definition) is 1. The van der Waals surface area contributed by atoms with E-state index in [0.717, 1.165) is 13.0 Å². The number of hydrogen-bond donors (Lipinski definition) is 2. The number of carbonyl (C=O) groups excluding carboxylic acids is 1. The average Bonchev–Trinajstić information content (AvgIpc) is 1.99. The van der Waals surface area contributed by atoms with Crippen molar-refractivity contribution >= 4 is 6.03 Å². The Morgan fingerprint density at radius 3 is 2.33 bits per heavy atom. The summed E-state index contributed by atoms with van der Waals surface area (Å²) in [6.45, 7) is 8.89. The summed E-state index contributed by atoms with van der Waals surface area (Å²) in [5, 5.41) is 5.59. The minimum Gasteiger partial charge on any atom is -0.338 e. The van der Waals surface area contributed by atoms with Crippen LogP contribution in [-0.2, 0) is 0 Å². The molecule has 0 aliphatic carbocycles. The van der Waals surface area contributed by atoms with E-state index in [4.69, 9.17) is 0 Å². The number of amides is 2. The van der Waals surface area contributed by atoms with Gasteiger partial charge in [0.15, 0.2) is 0 Å². The van der Waals surface area contributed by atoms with Gasteiger partial charge in [-0.05, 0) is 19.8 Å². The Hall–Kier alpha value is -0.730. The molecule has 0 aliphatic heterocycles. The number of urea groups is 1. The largest absolute Gasteiger partial charge is 0.338 e. The first-order valence-electron chi connectivity index (χ1n) is 4.60. The summed E-state index contributed by atoms with van der Waals surface area (Å²) in [5.74, 6) is 0.558. The van der Waals surface area contributed by atoms with E-state index in [1.165, 1.54) is 0 Å². The SMILES string of the molecule is CCC(C)CNC(=O)NC(C)C. The van der Waals surface area contributed by atoms with Crippen LogP contribution in [0.4, 0.5) is 4.79 Å². The third-order valence-corrected chi connectivity index (χ3v) is 1.73. The van der Waals surface area contributed by atoms with E-state index in [1.54, 1.807) is 0 Å². The van der Waals surface area contributed by atoms with E-state index in [2.05, 4.69) is 24.5 Å². The molecule has 1 atom stereocenters. The number of rotatable bonds is 4. The Morgan fingerprint density at radius 2 is 1.92 bits per heavy atom. The Bertz CT molecular complexity index is 134. The molecular formula is C9H20N2O. The summed E-state index contributed by atoms with van der Waals surface area (Å²) in [6.07, 6.45) is 1.10. The Labute approximate surface area is 74.9 Å². The van der Waals surface area contributed by atoms with Crippen molar-refractivity contribution in [1.29, 1.82) is 0 Å². The van der Waals surface area contributed by atoms with Gasteiger partial charge in [-0.2, -0.15) is 0 Å². The van der Waals surface area contributed by atoms with Crippen LogP contribution < -0.4 is 10.6 Å². The average molecular weight is 172 g/mol. The van der Waals surface area contributed by atoms with Gasteiger partial charge in [0.25, 0.3) is 0 Å². The lowest BCUT2D eigenvalue weighted by Gasteiger charge is -2.12. The summed E-state index contributed by atoms with van der Waals surface area (Å²) in [7, 11) is 0. The van der Waals surface area contributed by atoms with Gasteiger partial charge in [-0.25, -0.2) is 4.79 Å². The third-order valence-electron chi connectivity index (χ3n) is 1.73. The number of carbonyl (C=O) groups is 1. The first-order chi connectivity index (χ1) is 5.56. The normalized spacial score (nSPS) is 12.8. The molecule has 3 nitrogen and oxygen atoms in total. The van der Waals surface area contributed by atoms with Gasteiger partial charge in [0.1, 0.15) is 0 Å². The lowest BCUT2D eigenvalue weighted by atomic mass is 10.1. The monoisotopic (exact) mass is 172 g/mol. The zero-order valence-corrected chi connectivity index (χ0v) is 8.48. The Balaban J connectivity index is 3.44. The highest BCUT2D eigenvalue weighted by molar-refractivity contribution is 5.74. The lowest BCUT2D eigenvalue weighted by molar-refractivity contribution is 0.237. The van der Waals surface area contributed by atoms with Crippen molar-refractivity contribution in [2.45, 2.75) is 40.2 Å². The van der Waals surface area contributed by atoms with E-state index >= 15 is 0 Å². The maximum atomic E-state index is 11.1. The summed E-state index contributed by atoms with van der Waals surface area (Å²) in [6, 6.07) is 0.146. The highest BCUT2D eigenvalue weighted by Gasteiger charge is 2.03. The Kier molecular flexibility index (Phi) is 5.51. The fourth-order valence-electron chi connectivity index (χ4n) is 0.724. The van der Waals surface area contributed by atoms with Crippen molar-refractivity contribution in [2.24, 2.45) is 5.92 Å². The topological polar surface area (TPSA) is 41.1 Å². The van der Waals surface area contributed by atoms with Gasteiger partial charge in [-0.15, -0.1) is 0 Å². The minimum atomic E-state index is -0.0645. The van der Waals surface area contributed by atoms with Gasteiger partial charge in [-0.1, -0.05) is 20.3 Å². The van der Waals surface area contributed by atoms with Gasteiger partial charge >= 0.3 is 6.03 Å². The van der Waals surface area contributed by atoms with Crippen LogP contribution in [-0.4, -0.2) is 18.6 Å². The molecule has 2 N–H and O–H groups in total. The third kappa shape index (κ3) is 6.01. The van der Waals surface area contributed by atoms with Gasteiger partial charge in [0.05, 0.1) is 0 Å². The molecule has 72 valence electrons. The van der Waals surface area contributed by atoms with Gasteiger partial charge in [-0.3, -0.25) is 0 Å². The zero-order valence-electron chi connectivity index (χ0n) is 8.48. The minimum absolute atomic E-state index is 0.0645. The molecule has 0 radical (unpaired) electrons. The first-order valence-corrected chi connectivity index (χ1v) is 4.60. The molecular weight excluding hydrogens is 152 g/mol. The van der Waals surface area contributed by atoms with E-state index in [9.17, 15) is 4.79 Å². The van der Waals surface area contributed by atoms with Crippen LogP contribution in [0.25, 0.3) is 0 Å². The van der Waals surface area contributed by atoms with Crippen LogP contribution in [0.5, 0.6) is 0 Å². The molecule has 1 unspecified atom stereocenters. The molecule has 0 rings (SSSR count). The van der Waals surface area contributed by atoms with E-state index < -0.39 is 0 Å². The van der Waals surface area contributed by atoms with Gasteiger partial charge in [0.2, 0.25) is 0 Å². The number of nitrogens with one attached hydrogen (secondary N) is 2. The van der Waals surface area contributed by atoms with Crippen LogP contribution in [0.3, 0.4) is 0 Å². The smallest absolute Gasteiger partial charge is 0.314 e. The first kappa shape index (κ1) is 11.3. The fourth-order valence-corrected chi connectivity index (χ4v) is 0.724. The quantitative estimate of drug-likeness (QED) is 0.666. The van der Waals surface area contributed by atoms with Crippen LogP contribution in [0.2, 0.25) is 0 Å². The van der Waals surface area contributed by atoms with Crippen LogP contribution in [0.1, 0.15) is 34.1 Å². The van der Waals surface area contributed by atoms with E-state index in [1.807, 2.05) is 13.8 Å². The van der Waals surface area contributed by atoms with Crippen LogP contribution in [0.15, 0.2) is 0 Å². The molecule has 0 heterocycles. The molecule has 0 bridgehead atoms. The lowest BCUT2D eigenvalue weighted by Crippen LogP contribution is -2.41. The molecule has 0 saturated carbocycles. The predicted octanol–water partition coefficient (Wildman–Crippen LogP) is 1.74. The molecule has 2 amide bonds. The molecule has 0 aromatic carbocycles. The standard InChI is InChI=1S/C9H20N2O/c1-5-8(4)6-10-9(12)11-7(2)3/h7-8H,5-6H2,1-4H3,(H2,10,11,12). The van der Waals surface area contributed by atoms with Gasteiger partial charge in [0, 0.05) is 12.6 Å².